The maximum Gasteiger partial charge on any atom is 0.443 e. The van der Waals surface area contributed by atoms with Gasteiger partial charge in [-0.25, -0.2) is 4.89 Å². The molecule has 0 aliphatic carbocycles. The van der Waals surface area contributed by atoms with E-state index in [2.05, 4.69) is 18.9 Å². The van der Waals surface area contributed by atoms with Crippen molar-refractivity contribution in [1.29, 1.82) is 0 Å². The molecule has 0 heterocycles. The van der Waals surface area contributed by atoms with Gasteiger partial charge in [0.25, 0.3) is 0 Å². The highest BCUT2D eigenvalue weighted by atomic mass is 32.3. The van der Waals surface area contributed by atoms with Crippen LogP contribution in [0.1, 0.15) is 33.6 Å². The molecule has 0 saturated heterocycles. The fourth-order valence-corrected chi connectivity index (χ4v) is 2.18. The summed E-state index contributed by atoms with van der Waals surface area (Å²) < 4.78 is 57.1. The first-order valence-electron chi connectivity index (χ1n) is 5.55. The van der Waals surface area contributed by atoms with E-state index in [4.69, 9.17) is 4.55 Å². The Morgan fingerprint density at radius 1 is 1.10 bits per heavy atom. The molecule has 0 radical (unpaired) electrons. The SMILES string of the molecule is CC(C)=CCC/C(C)=C\COOS(=O)(=O)OS(=O)(=O)O. The van der Waals surface area contributed by atoms with Crippen LogP contribution in [0.5, 0.6) is 0 Å². The van der Waals surface area contributed by atoms with Gasteiger partial charge in [-0.2, -0.15) is 16.8 Å². The first-order chi connectivity index (χ1) is 9.02. The molecule has 10 heteroatoms. The lowest BCUT2D eigenvalue weighted by Gasteiger charge is -2.02. The predicted octanol–water partition coefficient (Wildman–Crippen LogP) is 1.69. The van der Waals surface area contributed by atoms with Crippen molar-refractivity contribution in [2.45, 2.75) is 33.6 Å². The van der Waals surface area contributed by atoms with Crippen LogP contribution in [0, 0.1) is 0 Å². The van der Waals surface area contributed by atoms with Crippen LogP contribution in [-0.2, 0) is 33.6 Å². The molecule has 0 spiro atoms. The van der Waals surface area contributed by atoms with Gasteiger partial charge in [-0.15, -0.1) is 0 Å². The molecule has 0 aliphatic heterocycles. The Labute approximate surface area is 119 Å². The molecule has 8 nitrogen and oxygen atoms in total. The quantitative estimate of drug-likeness (QED) is 0.223. The molecule has 118 valence electrons. The van der Waals surface area contributed by atoms with Gasteiger partial charge in [0.15, 0.2) is 0 Å². The van der Waals surface area contributed by atoms with Crippen LogP contribution < -0.4 is 0 Å². The van der Waals surface area contributed by atoms with E-state index in [0.29, 0.717) is 0 Å². The van der Waals surface area contributed by atoms with Gasteiger partial charge < -0.3 is 0 Å². The minimum absolute atomic E-state index is 0.214. The van der Waals surface area contributed by atoms with E-state index in [0.717, 1.165) is 18.4 Å². The summed E-state index contributed by atoms with van der Waals surface area (Å²) in [7, 11) is -10.1. The second-order valence-corrected chi connectivity index (χ2v) is 6.48. The molecule has 0 aliphatic rings. The summed E-state index contributed by atoms with van der Waals surface area (Å²) in [6.45, 7) is 5.58. The highest BCUT2D eigenvalue weighted by Crippen LogP contribution is 2.07. The van der Waals surface area contributed by atoms with E-state index >= 15 is 0 Å². The zero-order valence-electron chi connectivity index (χ0n) is 11.4. The van der Waals surface area contributed by atoms with Crippen molar-refractivity contribution in [2.75, 3.05) is 6.61 Å². The molecule has 0 rings (SSSR count). The molecule has 1 N–H and O–H groups in total. The van der Waals surface area contributed by atoms with Crippen LogP contribution in [0.2, 0.25) is 0 Å². The molecule has 0 amide bonds. The number of allylic oxidation sites excluding steroid dienone is 3. The lowest BCUT2D eigenvalue weighted by atomic mass is 10.1. The van der Waals surface area contributed by atoms with E-state index < -0.39 is 20.8 Å². The fraction of sp³-hybridized carbons (Fsp3) is 0.600. The Kier molecular flexibility index (Phi) is 8.16. The largest absolute Gasteiger partial charge is 0.443 e. The highest BCUT2D eigenvalue weighted by molar-refractivity contribution is 7.94. The molecule has 0 unspecified atom stereocenters. The Morgan fingerprint density at radius 2 is 1.70 bits per heavy atom. The van der Waals surface area contributed by atoms with Gasteiger partial charge in [0.1, 0.15) is 6.61 Å². The molecule has 0 bridgehead atoms. The second kappa shape index (κ2) is 8.49. The third-order valence-electron chi connectivity index (χ3n) is 1.89. The minimum atomic E-state index is -5.17. The monoisotopic (exact) mass is 330 g/mol. The van der Waals surface area contributed by atoms with Crippen molar-refractivity contribution < 1.29 is 34.2 Å². The third kappa shape index (κ3) is 12.3. The van der Waals surface area contributed by atoms with Gasteiger partial charge >= 0.3 is 20.8 Å². The van der Waals surface area contributed by atoms with Crippen molar-refractivity contribution in [2.24, 2.45) is 0 Å². The molecular weight excluding hydrogens is 312 g/mol. The Hall–Kier alpha value is -0.780. The molecule has 0 aromatic rings. The Bertz CT molecular complexity index is 552. The fourth-order valence-electron chi connectivity index (χ4n) is 1.07. The summed E-state index contributed by atoms with van der Waals surface area (Å²) in [5.41, 5.74) is 2.14. The summed E-state index contributed by atoms with van der Waals surface area (Å²) in [5.74, 6) is 0. The Morgan fingerprint density at radius 3 is 2.20 bits per heavy atom. The standard InChI is InChI=1S/C10H18O8S2/c1-9(2)5-4-6-10(3)7-8-16-17-20(14,15)18-19(11,12)13/h5,7H,4,6,8H2,1-3H3,(H,11,12,13)/b10-7-. The summed E-state index contributed by atoms with van der Waals surface area (Å²) in [6, 6.07) is 0. The van der Waals surface area contributed by atoms with Gasteiger partial charge in [0.2, 0.25) is 0 Å². The predicted molar refractivity (Wildman–Crippen MR) is 71.0 cm³/mol. The summed E-state index contributed by atoms with van der Waals surface area (Å²) >= 11 is 0. The highest BCUT2D eigenvalue weighted by Gasteiger charge is 2.22. The van der Waals surface area contributed by atoms with Crippen molar-refractivity contribution in [3.63, 3.8) is 0 Å². The van der Waals surface area contributed by atoms with Crippen molar-refractivity contribution in [3.05, 3.63) is 23.3 Å². The van der Waals surface area contributed by atoms with Crippen LogP contribution in [0.15, 0.2) is 23.3 Å². The first-order valence-corrected chi connectivity index (χ1v) is 8.25. The van der Waals surface area contributed by atoms with E-state index in [1.807, 2.05) is 20.8 Å². The van der Waals surface area contributed by atoms with Gasteiger partial charge in [0, 0.05) is 0 Å². The van der Waals surface area contributed by atoms with Crippen LogP contribution in [0.3, 0.4) is 0 Å². The molecule has 20 heavy (non-hydrogen) atoms. The van der Waals surface area contributed by atoms with E-state index in [-0.39, 0.29) is 6.61 Å². The van der Waals surface area contributed by atoms with Crippen LogP contribution in [0.25, 0.3) is 0 Å². The zero-order chi connectivity index (χ0) is 15.8. The average Bonchev–Trinajstić information content (AvgIpc) is 2.20. The van der Waals surface area contributed by atoms with E-state index in [9.17, 15) is 16.8 Å². The first kappa shape index (κ1) is 19.2. The Balaban J connectivity index is 4.10. The molecule has 0 aromatic heterocycles. The van der Waals surface area contributed by atoms with E-state index in [1.54, 1.807) is 6.08 Å². The maximum atomic E-state index is 10.8. The normalized spacial score (nSPS) is 13.3. The summed E-state index contributed by atoms with van der Waals surface area (Å²) in [4.78, 5) is 4.26. The summed E-state index contributed by atoms with van der Waals surface area (Å²) in [5, 5.41) is 0. The van der Waals surface area contributed by atoms with Crippen LogP contribution in [0.4, 0.5) is 0 Å². The van der Waals surface area contributed by atoms with Gasteiger partial charge in [-0.05, 0) is 33.6 Å². The molecule has 0 fully saturated rings. The molecular formula is C10H18O8S2. The van der Waals surface area contributed by atoms with Crippen LogP contribution in [-0.4, -0.2) is 28.0 Å². The van der Waals surface area contributed by atoms with Gasteiger partial charge in [-0.3, -0.25) is 4.55 Å². The topological polar surface area (TPSA) is 116 Å². The van der Waals surface area contributed by atoms with Crippen LogP contribution >= 0.6 is 0 Å². The summed E-state index contributed by atoms with van der Waals surface area (Å²) in [6.07, 6.45) is 5.24. The van der Waals surface area contributed by atoms with Gasteiger partial charge in [0.05, 0.1) is 0 Å². The second-order valence-electron chi connectivity index (χ2n) is 4.13. The number of hydrogen-bond donors (Lipinski definition) is 1. The smallest absolute Gasteiger partial charge is 0.263 e. The molecule has 0 saturated carbocycles. The van der Waals surface area contributed by atoms with E-state index in [1.165, 1.54) is 5.57 Å². The number of hydrogen-bond acceptors (Lipinski definition) is 7. The van der Waals surface area contributed by atoms with Crippen molar-refractivity contribution >= 4 is 20.8 Å². The third-order valence-corrected chi connectivity index (χ3v) is 3.51. The average molecular weight is 330 g/mol. The van der Waals surface area contributed by atoms with Crippen molar-refractivity contribution in [3.8, 4) is 0 Å². The lowest BCUT2D eigenvalue weighted by molar-refractivity contribution is -0.196. The molecule has 0 aromatic carbocycles. The maximum absolute atomic E-state index is 10.8. The zero-order valence-corrected chi connectivity index (χ0v) is 13.0. The minimum Gasteiger partial charge on any atom is -0.263 e. The number of rotatable bonds is 9. The van der Waals surface area contributed by atoms with Crippen molar-refractivity contribution in [1.82, 2.24) is 0 Å². The lowest BCUT2D eigenvalue weighted by Crippen LogP contribution is -2.15. The molecule has 0 atom stereocenters. The van der Waals surface area contributed by atoms with Gasteiger partial charge in [-0.1, -0.05) is 31.3 Å².